The average Bonchev–Trinajstić information content (AvgIpc) is 2.36. The SMILES string of the molecule is CC.CC1(C)C=Cc2ccccc2C(C)(C)C1. The van der Waals surface area contributed by atoms with Gasteiger partial charge in [0.1, 0.15) is 0 Å². The third-order valence-electron chi connectivity index (χ3n) is 3.30. The first-order chi connectivity index (χ1) is 7.91. The number of hydrogen-bond donors (Lipinski definition) is 0. The van der Waals surface area contributed by atoms with E-state index in [0.29, 0.717) is 5.41 Å². The summed E-state index contributed by atoms with van der Waals surface area (Å²) >= 11 is 0. The molecule has 0 fully saturated rings. The summed E-state index contributed by atoms with van der Waals surface area (Å²) in [6.07, 6.45) is 5.83. The number of hydrogen-bond acceptors (Lipinski definition) is 0. The van der Waals surface area contributed by atoms with E-state index in [-0.39, 0.29) is 5.41 Å². The fourth-order valence-corrected chi connectivity index (χ4v) is 2.87. The van der Waals surface area contributed by atoms with Crippen molar-refractivity contribution in [3.05, 3.63) is 41.5 Å². The van der Waals surface area contributed by atoms with Crippen LogP contribution in [0.5, 0.6) is 0 Å². The molecule has 0 heteroatoms. The first kappa shape index (κ1) is 14.0. The molecule has 0 saturated heterocycles. The maximum atomic E-state index is 2.35. The molecule has 17 heavy (non-hydrogen) atoms. The highest BCUT2D eigenvalue weighted by atomic mass is 14.4. The molecule has 1 aliphatic rings. The fraction of sp³-hybridized carbons (Fsp3) is 0.529. The molecule has 0 bridgehead atoms. The maximum absolute atomic E-state index is 2.35. The van der Waals surface area contributed by atoms with Crippen molar-refractivity contribution in [3.63, 3.8) is 0 Å². The van der Waals surface area contributed by atoms with Crippen LogP contribution in [0.1, 0.15) is 59.1 Å². The van der Waals surface area contributed by atoms with Crippen molar-refractivity contribution in [3.8, 4) is 0 Å². The minimum absolute atomic E-state index is 0.267. The predicted molar refractivity (Wildman–Crippen MR) is 78.2 cm³/mol. The normalized spacial score (nSPS) is 19.6. The second-order valence-corrected chi connectivity index (χ2v) is 5.97. The minimum atomic E-state index is 0.267. The summed E-state index contributed by atoms with van der Waals surface area (Å²) in [5.41, 5.74) is 3.42. The summed E-state index contributed by atoms with van der Waals surface area (Å²) in [4.78, 5) is 0. The standard InChI is InChI=1S/C15H20.C2H6/c1-14(2)10-9-12-7-5-6-8-13(12)15(3,4)11-14;1-2/h5-10H,11H2,1-4H3;1-2H3. The molecule has 0 aromatic heterocycles. The van der Waals surface area contributed by atoms with Crippen LogP contribution < -0.4 is 0 Å². The van der Waals surface area contributed by atoms with E-state index in [4.69, 9.17) is 0 Å². The molecule has 1 aliphatic carbocycles. The second-order valence-electron chi connectivity index (χ2n) is 5.97. The van der Waals surface area contributed by atoms with Crippen molar-refractivity contribution in [2.24, 2.45) is 5.41 Å². The highest BCUT2D eigenvalue weighted by Crippen LogP contribution is 2.41. The van der Waals surface area contributed by atoms with Gasteiger partial charge in [-0.2, -0.15) is 0 Å². The van der Waals surface area contributed by atoms with Gasteiger partial charge in [-0.25, -0.2) is 0 Å². The average molecular weight is 230 g/mol. The van der Waals surface area contributed by atoms with Crippen molar-refractivity contribution in [2.45, 2.75) is 53.4 Å². The van der Waals surface area contributed by atoms with Gasteiger partial charge in [0.25, 0.3) is 0 Å². The summed E-state index contributed by atoms with van der Waals surface area (Å²) in [6, 6.07) is 8.75. The third kappa shape index (κ3) is 3.21. The highest BCUT2D eigenvalue weighted by molar-refractivity contribution is 5.58. The quantitative estimate of drug-likeness (QED) is 0.557. The van der Waals surface area contributed by atoms with Gasteiger partial charge in [0.2, 0.25) is 0 Å². The van der Waals surface area contributed by atoms with E-state index in [1.165, 1.54) is 17.5 Å². The molecule has 0 unspecified atom stereocenters. The van der Waals surface area contributed by atoms with Crippen LogP contribution in [0.15, 0.2) is 30.3 Å². The van der Waals surface area contributed by atoms with Crippen molar-refractivity contribution in [1.29, 1.82) is 0 Å². The van der Waals surface area contributed by atoms with Crippen LogP contribution in [0.3, 0.4) is 0 Å². The van der Waals surface area contributed by atoms with Crippen LogP contribution >= 0.6 is 0 Å². The van der Waals surface area contributed by atoms with E-state index in [1.807, 2.05) is 13.8 Å². The number of rotatable bonds is 0. The van der Waals surface area contributed by atoms with Gasteiger partial charge in [0, 0.05) is 0 Å². The van der Waals surface area contributed by atoms with Crippen LogP contribution in [0, 0.1) is 5.41 Å². The zero-order chi connectivity index (χ0) is 13.1. The lowest BCUT2D eigenvalue weighted by Gasteiger charge is -2.32. The van der Waals surface area contributed by atoms with E-state index < -0.39 is 0 Å². The number of benzene rings is 1. The molecule has 0 heterocycles. The van der Waals surface area contributed by atoms with Crippen LogP contribution in [-0.4, -0.2) is 0 Å². The molecular formula is C17H26. The Bertz CT molecular complexity index is 394. The summed E-state index contributed by atoms with van der Waals surface area (Å²) in [7, 11) is 0. The van der Waals surface area contributed by atoms with E-state index in [0.717, 1.165) is 0 Å². The Balaban J connectivity index is 0.000000686. The number of fused-ring (bicyclic) bond motifs is 1. The molecule has 0 saturated carbocycles. The van der Waals surface area contributed by atoms with Gasteiger partial charge in [0.15, 0.2) is 0 Å². The molecule has 0 atom stereocenters. The number of allylic oxidation sites excluding steroid dienone is 1. The van der Waals surface area contributed by atoms with Crippen LogP contribution in [-0.2, 0) is 5.41 Å². The molecule has 2 rings (SSSR count). The summed E-state index contributed by atoms with van der Waals surface area (Å²) in [5.74, 6) is 0. The Morgan fingerprint density at radius 1 is 0.941 bits per heavy atom. The predicted octanol–water partition coefficient (Wildman–Crippen LogP) is 5.43. The lowest BCUT2D eigenvalue weighted by atomic mass is 9.72. The smallest absolute Gasteiger partial charge is 0.00896 e. The van der Waals surface area contributed by atoms with E-state index in [2.05, 4.69) is 64.1 Å². The first-order valence-electron chi connectivity index (χ1n) is 6.70. The van der Waals surface area contributed by atoms with Gasteiger partial charge in [-0.05, 0) is 28.4 Å². The molecule has 1 aromatic carbocycles. The maximum Gasteiger partial charge on any atom is -0.00896 e. The molecule has 0 nitrogen and oxygen atoms in total. The molecule has 0 spiro atoms. The minimum Gasteiger partial charge on any atom is -0.0782 e. The molecule has 0 N–H and O–H groups in total. The van der Waals surface area contributed by atoms with Gasteiger partial charge in [-0.1, -0.05) is 78.0 Å². The van der Waals surface area contributed by atoms with Gasteiger partial charge >= 0.3 is 0 Å². The van der Waals surface area contributed by atoms with Crippen molar-refractivity contribution < 1.29 is 0 Å². The van der Waals surface area contributed by atoms with Crippen LogP contribution in [0.2, 0.25) is 0 Å². The Morgan fingerprint density at radius 2 is 1.53 bits per heavy atom. The largest absolute Gasteiger partial charge is 0.0782 e. The Labute approximate surface area is 107 Å². The van der Waals surface area contributed by atoms with Gasteiger partial charge < -0.3 is 0 Å². The zero-order valence-electron chi connectivity index (χ0n) is 12.2. The Morgan fingerprint density at radius 3 is 2.18 bits per heavy atom. The van der Waals surface area contributed by atoms with Crippen molar-refractivity contribution in [1.82, 2.24) is 0 Å². The lowest BCUT2D eigenvalue weighted by Crippen LogP contribution is -2.24. The second kappa shape index (κ2) is 5.08. The molecule has 1 aromatic rings. The first-order valence-corrected chi connectivity index (χ1v) is 6.70. The van der Waals surface area contributed by atoms with Crippen molar-refractivity contribution >= 4 is 6.08 Å². The highest BCUT2D eigenvalue weighted by Gasteiger charge is 2.31. The fourth-order valence-electron chi connectivity index (χ4n) is 2.87. The molecule has 94 valence electrons. The van der Waals surface area contributed by atoms with E-state index >= 15 is 0 Å². The van der Waals surface area contributed by atoms with Crippen molar-refractivity contribution in [2.75, 3.05) is 0 Å². The van der Waals surface area contributed by atoms with Crippen LogP contribution in [0.25, 0.3) is 6.08 Å². The third-order valence-corrected chi connectivity index (χ3v) is 3.30. The van der Waals surface area contributed by atoms with Crippen LogP contribution in [0.4, 0.5) is 0 Å². The molecule has 0 aliphatic heterocycles. The molecule has 0 radical (unpaired) electrons. The van der Waals surface area contributed by atoms with E-state index in [1.54, 1.807) is 0 Å². The Kier molecular flexibility index (Phi) is 4.19. The Hall–Kier alpha value is -1.04. The van der Waals surface area contributed by atoms with Gasteiger partial charge in [-0.15, -0.1) is 0 Å². The van der Waals surface area contributed by atoms with Gasteiger partial charge in [-0.3, -0.25) is 0 Å². The molecule has 0 amide bonds. The lowest BCUT2D eigenvalue weighted by molar-refractivity contribution is 0.325. The van der Waals surface area contributed by atoms with Gasteiger partial charge in [0.05, 0.1) is 0 Å². The summed E-state index contributed by atoms with van der Waals surface area (Å²) < 4.78 is 0. The van der Waals surface area contributed by atoms with E-state index in [9.17, 15) is 0 Å². The summed E-state index contributed by atoms with van der Waals surface area (Å²) in [6.45, 7) is 13.3. The zero-order valence-corrected chi connectivity index (χ0v) is 12.2. The monoisotopic (exact) mass is 230 g/mol. The molecular weight excluding hydrogens is 204 g/mol. The summed E-state index contributed by atoms with van der Waals surface area (Å²) in [5, 5.41) is 0. The topological polar surface area (TPSA) is 0 Å².